The Hall–Kier alpha value is -2.89. The van der Waals surface area contributed by atoms with Gasteiger partial charge in [-0.1, -0.05) is 18.2 Å². The first-order valence-corrected chi connectivity index (χ1v) is 7.85. The van der Waals surface area contributed by atoms with Crippen LogP contribution in [-0.4, -0.2) is 18.3 Å². The van der Waals surface area contributed by atoms with Gasteiger partial charge in [-0.2, -0.15) is 0 Å². The van der Waals surface area contributed by atoms with Gasteiger partial charge in [0, 0.05) is 6.42 Å². The van der Waals surface area contributed by atoms with Crippen LogP contribution in [0.15, 0.2) is 42.5 Å². The zero-order valence-electron chi connectivity index (χ0n) is 14.0. The van der Waals surface area contributed by atoms with Crippen molar-refractivity contribution >= 4 is 11.7 Å². The highest BCUT2D eigenvalue weighted by molar-refractivity contribution is 5.75. The van der Waals surface area contributed by atoms with Gasteiger partial charge in [0.25, 0.3) is 5.91 Å². The molecule has 0 bridgehead atoms. The summed E-state index contributed by atoms with van der Waals surface area (Å²) < 4.78 is 24.8. The number of hydrogen-bond acceptors (Lipinski definition) is 4. The number of carbonyl (C=O) groups is 2. The number of nitrogens with two attached hydrogens (primary N) is 1. The van der Waals surface area contributed by atoms with Crippen LogP contribution in [0.4, 0.5) is 4.39 Å². The van der Waals surface area contributed by atoms with Crippen molar-refractivity contribution in [2.75, 3.05) is 6.61 Å². The molecule has 0 aromatic heterocycles. The smallest absolute Gasteiger partial charge is 0.255 e. The van der Waals surface area contributed by atoms with E-state index in [9.17, 15) is 14.0 Å². The summed E-state index contributed by atoms with van der Waals surface area (Å²) >= 11 is 0. The summed E-state index contributed by atoms with van der Waals surface area (Å²) in [4.78, 5) is 21.7. The molecule has 0 aliphatic rings. The number of hydrogen-bond donors (Lipinski definition) is 1. The summed E-state index contributed by atoms with van der Waals surface area (Å²) in [6.45, 7) is 1.45. The second-order valence-corrected chi connectivity index (χ2v) is 5.66. The number of halogens is 1. The predicted octanol–water partition coefficient (Wildman–Crippen LogP) is 2.79. The molecule has 2 N–H and O–H groups in total. The molecule has 132 valence electrons. The Morgan fingerprint density at radius 1 is 1.08 bits per heavy atom. The van der Waals surface area contributed by atoms with Gasteiger partial charge in [-0.3, -0.25) is 4.79 Å². The zero-order chi connectivity index (χ0) is 18.2. The molecule has 0 unspecified atom stereocenters. The summed E-state index contributed by atoms with van der Waals surface area (Å²) in [5, 5.41) is 0. The minimum absolute atomic E-state index is 0.0687. The molecule has 0 saturated carbocycles. The van der Waals surface area contributed by atoms with Crippen molar-refractivity contribution < 1.29 is 23.5 Å². The lowest BCUT2D eigenvalue weighted by Gasteiger charge is -2.10. The highest BCUT2D eigenvalue weighted by Crippen LogP contribution is 2.21. The number of Topliss-reactive ketones (excluding diaryl/α,β-unsaturated/α-hetero) is 1. The number of amides is 1. The van der Waals surface area contributed by atoms with Crippen molar-refractivity contribution in [1.82, 2.24) is 0 Å². The maximum atomic E-state index is 14.1. The zero-order valence-corrected chi connectivity index (χ0v) is 14.0. The molecule has 2 aromatic rings. The SMILES string of the molecule is CC(=O)CCc1ccc(OCc2cccc(OCC(N)=O)c2)c(F)c1. The Morgan fingerprint density at radius 3 is 2.56 bits per heavy atom. The lowest BCUT2D eigenvalue weighted by molar-refractivity contribution is -0.120. The van der Waals surface area contributed by atoms with Crippen molar-refractivity contribution in [2.24, 2.45) is 5.73 Å². The molecule has 6 heteroatoms. The summed E-state index contributed by atoms with van der Waals surface area (Å²) in [6.07, 6.45) is 0.892. The van der Waals surface area contributed by atoms with E-state index in [2.05, 4.69) is 0 Å². The van der Waals surface area contributed by atoms with E-state index in [1.807, 2.05) is 0 Å². The van der Waals surface area contributed by atoms with Crippen LogP contribution in [0, 0.1) is 5.82 Å². The highest BCUT2D eigenvalue weighted by atomic mass is 19.1. The fourth-order valence-corrected chi connectivity index (χ4v) is 2.18. The largest absolute Gasteiger partial charge is 0.486 e. The molecule has 2 aromatic carbocycles. The molecule has 25 heavy (non-hydrogen) atoms. The second kappa shape index (κ2) is 8.82. The number of benzene rings is 2. The fraction of sp³-hybridized carbons (Fsp3) is 0.263. The maximum Gasteiger partial charge on any atom is 0.255 e. The Morgan fingerprint density at radius 2 is 1.88 bits per heavy atom. The van der Waals surface area contributed by atoms with Crippen molar-refractivity contribution in [3.8, 4) is 11.5 Å². The number of primary amides is 1. The van der Waals surface area contributed by atoms with E-state index in [1.54, 1.807) is 36.4 Å². The lowest BCUT2D eigenvalue weighted by Crippen LogP contribution is -2.20. The van der Waals surface area contributed by atoms with Crippen molar-refractivity contribution in [3.05, 3.63) is 59.4 Å². The van der Waals surface area contributed by atoms with Gasteiger partial charge in [-0.05, 0) is 48.7 Å². The normalized spacial score (nSPS) is 10.3. The summed E-state index contributed by atoms with van der Waals surface area (Å²) in [7, 11) is 0. The number of ketones is 1. The van der Waals surface area contributed by atoms with E-state index in [1.165, 1.54) is 13.0 Å². The van der Waals surface area contributed by atoms with Crippen LogP contribution >= 0.6 is 0 Å². The molecule has 0 heterocycles. The quantitative estimate of drug-likeness (QED) is 0.758. The van der Waals surface area contributed by atoms with E-state index in [0.717, 1.165) is 11.1 Å². The van der Waals surface area contributed by atoms with E-state index < -0.39 is 11.7 Å². The number of aryl methyl sites for hydroxylation is 1. The highest BCUT2D eigenvalue weighted by Gasteiger charge is 2.07. The van der Waals surface area contributed by atoms with E-state index in [4.69, 9.17) is 15.2 Å². The molecule has 0 aliphatic heterocycles. The number of ether oxygens (including phenoxy) is 2. The third-order valence-electron chi connectivity index (χ3n) is 3.44. The van der Waals surface area contributed by atoms with Gasteiger partial charge in [0.1, 0.15) is 18.1 Å². The Labute approximate surface area is 145 Å². The Balaban J connectivity index is 1.95. The van der Waals surface area contributed by atoms with Gasteiger partial charge in [-0.25, -0.2) is 4.39 Å². The van der Waals surface area contributed by atoms with Gasteiger partial charge < -0.3 is 20.0 Å². The van der Waals surface area contributed by atoms with Gasteiger partial charge in [0.15, 0.2) is 18.2 Å². The van der Waals surface area contributed by atoms with Gasteiger partial charge in [0.2, 0.25) is 0 Å². The summed E-state index contributed by atoms with van der Waals surface area (Å²) in [5.74, 6) is -0.343. The standard InChI is InChI=1S/C19H20FNO4/c1-13(22)5-6-14-7-8-18(17(20)10-14)25-11-15-3-2-4-16(9-15)24-12-19(21)23/h2-4,7-10H,5-6,11-12H2,1H3,(H2,21,23). The van der Waals surface area contributed by atoms with Crippen LogP contribution in [0.25, 0.3) is 0 Å². The van der Waals surface area contributed by atoms with Gasteiger partial charge in [-0.15, -0.1) is 0 Å². The topological polar surface area (TPSA) is 78.6 Å². The van der Waals surface area contributed by atoms with Crippen molar-refractivity contribution in [2.45, 2.75) is 26.4 Å². The monoisotopic (exact) mass is 345 g/mol. The van der Waals surface area contributed by atoms with Crippen molar-refractivity contribution in [3.63, 3.8) is 0 Å². The van der Waals surface area contributed by atoms with Crippen LogP contribution in [0.5, 0.6) is 11.5 Å². The molecule has 0 saturated heterocycles. The third-order valence-corrected chi connectivity index (χ3v) is 3.44. The summed E-state index contributed by atoms with van der Waals surface area (Å²) in [6, 6.07) is 11.6. The van der Waals surface area contributed by atoms with Crippen LogP contribution in [0.1, 0.15) is 24.5 Å². The first kappa shape index (κ1) is 18.4. The molecule has 0 fully saturated rings. The molecule has 5 nitrogen and oxygen atoms in total. The molecule has 0 spiro atoms. The lowest BCUT2D eigenvalue weighted by atomic mass is 10.1. The second-order valence-electron chi connectivity index (χ2n) is 5.66. The number of carbonyl (C=O) groups excluding carboxylic acids is 2. The van der Waals surface area contributed by atoms with Gasteiger partial charge >= 0.3 is 0 Å². The van der Waals surface area contributed by atoms with E-state index in [0.29, 0.717) is 18.6 Å². The Bertz CT molecular complexity index is 761. The molecule has 0 radical (unpaired) electrons. The average Bonchev–Trinajstić information content (AvgIpc) is 2.57. The van der Waals surface area contributed by atoms with Crippen molar-refractivity contribution in [1.29, 1.82) is 0 Å². The molecule has 0 atom stereocenters. The van der Waals surface area contributed by atoms with Crippen LogP contribution < -0.4 is 15.2 Å². The predicted molar refractivity (Wildman–Crippen MR) is 90.9 cm³/mol. The van der Waals surface area contributed by atoms with Crippen LogP contribution in [0.3, 0.4) is 0 Å². The van der Waals surface area contributed by atoms with Crippen LogP contribution in [-0.2, 0) is 22.6 Å². The Kier molecular flexibility index (Phi) is 6.51. The molecule has 0 aliphatic carbocycles. The minimum atomic E-state index is -0.561. The first-order chi connectivity index (χ1) is 11.9. The molecule has 2 rings (SSSR count). The molecular weight excluding hydrogens is 325 g/mol. The van der Waals surface area contributed by atoms with Crippen LogP contribution in [0.2, 0.25) is 0 Å². The molecule has 1 amide bonds. The summed E-state index contributed by atoms with van der Waals surface area (Å²) in [5.41, 5.74) is 6.55. The third kappa shape index (κ3) is 6.25. The van der Waals surface area contributed by atoms with E-state index in [-0.39, 0.29) is 24.7 Å². The fourth-order valence-electron chi connectivity index (χ4n) is 2.18. The minimum Gasteiger partial charge on any atom is -0.486 e. The van der Waals surface area contributed by atoms with Gasteiger partial charge in [0.05, 0.1) is 0 Å². The molecular formula is C19H20FNO4. The number of rotatable bonds is 9. The average molecular weight is 345 g/mol. The first-order valence-electron chi connectivity index (χ1n) is 7.85. The maximum absolute atomic E-state index is 14.1. The van der Waals surface area contributed by atoms with E-state index >= 15 is 0 Å².